The predicted molar refractivity (Wildman–Crippen MR) is 126 cm³/mol. The standard InChI is InChI=1S/C25H35NO4Si/c1-8-15-25(19-27)16-14-21(30-31(6,7)24(2,3)4)17-22(25)26(23(28)29-5)18-20-12-10-9-11-13-20/h1,9-13,17,19,22H,14-16,18H2,2-7H3/t22-,25-/m1/s1. The minimum atomic E-state index is -2.07. The van der Waals surface area contributed by atoms with Crippen LogP contribution in [0.25, 0.3) is 0 Å². The number of hydrogen-bond acceptors (Lipinski definition) is 4. The van der Waals surface area contributed by atoms with Crippen molar-refractivity contribution >= 4 is 20.7 Å². The minimum absolute atomic E-state index is 0.0351. The van der Waals surface area contributed by atoms with Crippen LogP contribution in [0.2, 0.25) is 18.1 Å². The zero-order valence-corrected chi connectivity index (χ0v) is 20.6. The van der Waals surface area contributed by atoms with Gasteiger partial charge in [0.15, 0.2) is 0 Å². The molecule has 2 atom stereocenters. The summed E-state index contributed by atoms with van der Waals surface area (Å²) in [5, 5.41) is 0.0351. The normalized spacial score (nSPS) is 21.5. The highest BCUT2D eigenvalue weighted by Gasteiger charge is 2.47. The number of aldehydes is 1. The maximum atomic E-state index is 12.8. The summed E-state index contributed by atoms with van der Waals surface area (Å²) in [4.78, 5) is 26.8. The summed E-state index contributed by atoms with van der Waals surface area (Å²) < 4.78 is 11.7. The SMILES string of the molecule is C#CC[C@]1(C=O)CCC(O[Si](C)(C)C(C)(C)C)=C[C@H]1N(Cc1ccccc1)C(=O)OC. The molecule has 31 heavy (non-hydrogen) atoms. The van der Waals surface area contributed by atoms with Gasteiger partial charge in [-0.05, 0) is 36.2 Å². The quantitative estimate of drug-likeness (QED) is 0.317. The third-order valence-electron chi connectivity index (χ3n) is 6.57. The van der Waals surface area contributed by atoms with Gasteiger partial charge in [-0.15, -0.1) is 12.3 Å². The molecule has 0 heterocycles. The van der Waals surface area contributed by atoms with E-state index in [2.05, 4.69) is 39.8 Å². The number of allylic oxidation sites excluding steroid dienone is 1. The second-order valence-electron chi connectivity index (χ2n) is 9.76. The monoisotopic (exact) mass is 441 g/mol. The summed E-state index contributed by atoms with van der Waals surface area (Å²) in [5.41, 5.74) is 0.0668. The molecule has 1 aromatic rings. The molecule has 1 aromatic carbocycles. The number of rotatable bonds is 7. The fraction of sp³-hybridized carbons (Fsp3) is 0.520. The van der Waals surface area contributed by atoms with Crippen molar-refractivity contribution in [3.63, 3.8) is 0 Å². The summed E-state index contributed by atoms with van der Waals surface area (Å²) >= 11 is 0. The van der Waals surface area contributed by atoms with Crippen molar-refractivity contribution in [3.05, 3.63) is 47.7 Å². The molecule has 0 spiro atoms. The average Bonchev–Trinajstić information content (AvgIpc) is 2.72. The van der Waals surface area contributed by atoms with Crippen molar-refractivity contribution in [2.75, 3.05) is 7.11 Å². The van der Waals surface area contributed by atoms with Crippen LogP contribution in [0.1, 0.15) is 45.6 Å². The molecule has 0 bridgehead atoms. The van der Waals surface area contributed by atoms with Gasteiger partial charge in [-0.25, -0.2) is 4.79 Å². The molecule has 0 aromatic heterocycles. The van der Waals surface area contributed by atoms with Crippen LogP contribution in [0.15, 0.2) is 42.2 Å². The Kier molecular flexibility index (Phi) is 7.77. The zero-order valence-electron chi connectivity index (χ0n) is 19.6. The highest BCUT2D eigenvalue weighted by atomic mass is 28.4. The first kappa shape index (κ1) is 24.7. The van der Waals surface area contributed by atoms with E-state index in [1.54, 1.807) is 4.90 Å². The Morgan fingerprint density at radius 3 is 2.48 bits per heavy atom. The second kappa shape index (κ2) is 9.74. The van der Waals surface area contributed by atoms with E-state index in [-0.39, 0.29) is 11.5 Å². The van der Waals surface area contributed by atoms with Gasteiger partial charge in [0, 0.05) is 19.4 Å². The van der Waals surface area contributed by atoms with Crippen molar-refractivity contribution in [2.45, 2.75) is 70.8 Å². The van der Waals surface area contributed by atoms with E-state index in [9.17, 15) is 9.59 Å². The average molecular weight is 442 g/mol. The van der Waals surface area contributed by atoms with Gasteiger partial charge in [0.2, 0.25) is 8.32 Å². The van der Waals surface area contributed by atoms with Crippen LogP contribution in [0.5, 0.6) is 0 Å². The molecular weight excluding hydrogens is 406 g/mol. The van der Waals surface area contributed by atoms with E-state index < -0.39 is 25.9 Å². The molecule has 0 aliphatic heterocycles. The van der Waals surface area contributed by atoms with Crippen LogP contribution in [0, 0.1) is 17.8 Å². The Morgan fingerprint density at radius 1 is 1.32 bits per heavy atom. The highest BCUT2D eigenvalue weighted by Crippen LogP contribution is 2.44. The molecule has 5 nitrogen and oxygen atoms in total. The van der Waals surface area contributed by atoms with Crippen molar-refractivity contribution in [1.29, 1.82) is 0 Å². The van der Waals surface area contributed by atoms with Gasteiger partial charge in [-0.2, -0.15) is 0 Å². The number of carbonyl (C=O) groups is 2. The molecule has 0 fully saturated rings. The van der Waals surface area contributed by atoms with Crippen LogP contribution in [-0.2, 0) is 20.5 Å². The first-order chi connectivity index (χ1) is 14.5. The zero-order chi connectivity index (χ0) is 23.3. The van der Waals surface area contributed by atoms with Gasteiger partial charge in [0.1, 0.15) is 6.29 Å². The number of hydrogen-bond donors (Lipinski definition) is 0. The molecule has 168 valence electrons. The Bertz CT molecular complexity index is 851. The van der Waals surface area contributed by atoms with E-state index in [0.29, 0.717) is 19.4 Å². The van der Waals surface area contributed by atoms with Crippen molar-refractivity contribution < 1.29 is 18.8 Å². The van der Waals surface area contributed by atoms with Crippen LogP contribution >= 0.6 is 0 Å². The number of benzene rings is 1. The van der Waals surface area contributed by atoms with E-state index in [1.807, 2.05) is 36.4 Å². The lowest BCUT2D eigenvalue weighted by Gasteiger charge is -2.45. The summed E-state index contributed by atoms with van der Waals surface area (Å²) in [6.07, 6.45) is 9.37. The lowest BCUT2D eigenvalue weighted by atomic mass is 9.71. The van der Waals surface area contributed by atoms with Crippen LogP contribution < -0.4 is 0 Å². The van der Waals surface area contributed by atoms with E-state index in [0.717, 1.165) is 17.6 Å². The molecule has 0 radical (unpaired) electrons. The van der Waals surface area contributed by atoms with Gasteiger partial charge < -0.3 is 14.0 Å². The topological polar surface area (TPSA) is 55.8 Å². The smallest absolute Gasteiger partial charge is 0.410 e. The molecule has 1 aliphatic rings. The third-order valence-corrected chi connectivity index (χ3v) is 11.0. The number of methoxy groups -OCH3 is 1. The Morgan fingerprint density at radius 2 is 1.97 bits per heavy atom. The summed E-state index contributed by atoms with van der Waals surface area (Å²) in [6.45, 7) is 11.2. The third kappa shape index (κ3) is 5.59. The molecule has 0 saturated heterocycles. The lowest BCUT2D eigenvalue weighted by molar-refractivity contribution is -0.119. The second-order valence-corrected chi connectivity index (χ2v) is 14.5. The Hall–Kier alpha value is -2.52. The van der Waals surface area contributed by atoms with Crippen LogP contribution in [0.4, 0.5) is 4.79 Å². The molecule has 1 amide bonds. The van der Waals surface area contributed by atoms with Crippen LogP contribution in [0.3, 0.4) is 0 Å². The molecule has 6 heteroatoms. The maximum Gasteiger partial charge on any atom is 0.410 e. The maximum absolute atomic E-state index is 12.8. The summed E-state index contributed by atoms with van der Waals surface area (Å²) in [5.74, 6) is 3.48. The Balaban J connectivity index is 2.52. The summed E-state index contributed by atoms with van der Waals surface area (Å²) in [6, 6.07) is 9.09. The molecule has 0 N–H and O–H groups in total. The Labute approximate surface area is 187 Å². The predicted octanol–water partition coefficient (Wildman–Crippen LogP) is 5.53. The first-order valence-corrected chi connectivity index (χ1v) is 13.6. The fourth-order valence-corrected chi connectivity index (χ4v) is 4.75. The minimum Gasteiger partial charge on any atom is -0.547 e. The van der Waals surface area contributed by atoms with E-state index >= 15 is 0 Å². The molecule has 0 unspecified atom stereocenters. The van der Waals surface area contributed by atoms with E-state index in [1.165, 1.54) is 7.11 Å². The van der Waals surface area contributed by atoms with Gasteiger partial charge in [0.25, 0.3) is 0 Å². The molecule has 0 saturated carbocycles. The number of terminal acetylenes is 1. The van der Waals surface area contributed by atoms with Gasteiger partial charge in [0.05, 0.1) is 24.3 Å². The summed E-state index contributed by atoms with van der Waals surface area (Å²) in [7, 11) is -0.722. The lowest BCUT2D eigenvalue weighted by Crippen LogP contribution is -2.52. The molecule has 1 aliphatic carbocycles. The van der Waals surface area contributed by atoms with Gasteiger partial charge in [-0.1, -0.05) is 51.1 Å². The van der Waals surface area contributed by atoms with E-state index in [4.69, 9.17) is 15.6 Å². The van der Waals surface area contributed by atoms with Gasteiger partial charge >= 0.3 is 6.09 Å². The number of carbonyl (C=O) groups excluding carboxylic acids is 2. The van der Waals surface area contributed by atoms with Crippen LogP contribution in [-0.4, -0.2) is 38.7 Å². The number of nitrogens with zero attached hydrogens (tertiary/aromatic N) is 1. The number of amides is 1. The van der Waals surface area contributed by atoms with Crippen molar-refractivity contribution in [1.82, 2.24) is 4.90 Å². The van der Waals surface area contributed by atoms with Crippen molar-refractivity contribution in [2.24, 2.45) is 5.41 Å². The van der Waals surface area contributed by atoms with Gasteiger partial charge in [-0.3, -0.25) is 4.90 Å². The highest BCUT2D eigenvalue weighted by molar-refractivity contribution is 6.74. The molecule has 2 rings (SSSR count). The fourth-order valence-electron chi connectivity index (χ4n) is 3.62. The number of ether oxygens (including phenoxy) is 1. The first-order valence-electron chi connectivity index (χ1n) is 10.7. The molecular formula is C25H35NO4Si. The van der Waals surface area contributed by atoms with Crippen molar-refractivity contribution in [3.8, 4) is 12.3 Å². The largest absolute Gasteiger partial charge is 0.547 e.